The van der Waals surface area contributed by atoms with Crippen molar-refractivity contribution < 1.29 is 4.79 Å². The molecule has 0 aliphatic carbocycles. The predicted molar refractivity (Wildman–Crippen MR) is 72.2 cm³/mol. The second-order valence-electron chi connectivity index (χ2n) is 4.27. The molecule has 2 heterocycles. The summed E-state index contributed by atoms with van der Waals surface area (Å²) < 4.78 is 3.40. The van der Waals surface area contributed by atoms with Crippen molar-refractivity contribution in [2.75, 3.05) is 12.8 Å². The summed E-state index contributed by atoms with van der Waals surface area (Å²) in [5.41, 5.74) is 7.74. The monoisotopic (exact) mass is 262 g/mol. The van der Waals surface area contributed by atoms with Crippen molar-refractivity contribution >= 4 is 11.6 Å². The molecule has 7 nitrogen and oxygen atoms in total. The molecular formula is C12H18N6O. The highest BCUT2D eigenvalue weighted by atomic mass is 16.1. The van der Waals surface area contributed by atoms with Crippen LogP contribution in [0.15, 0.2) is 12.3 Å². The third-order valence-corrected chi connectivity index (χ3v) is 2.85. The molecule has 0 unspecified atom stereocenters. The smallest absolute Gasteiger partial charge is 0.271 e. The number of hydrogen-bond donors (Lipinski definition) is 2. The van der Waals surface area contributed by atoms with Crippen LogP contribution in [0.5, 0.6) is 0 Å². The van der Waals surface area contributed by atoms with Gasteiger partial charge in [0.1, 0.15) is 0 Å². The van der Waals surface area contributed by atoms with Crippen LogP contribution < -0.4 is 11.1 Å². The lowest BCUT2D eigenvalue weighted by atomic mass is 10.4. The predicted octanol–water partition coefficient (Wildman–Crippen LogP) is 0.729. The van der Waals surface area contributed by atoms with Crippen LogP contribution in [0.1, 0.15) is 29.5 Å². The van der Waals surface area contributed by atoms with Gasteiger partial charge in [0.15, 0.2) is 11.5 Å². The highest BCUT2D eigenvalue weighted by Crippen LogP contribution is 2.20. The first-order chi connectivity index (χ1) is 9.08. The van der Waals surface area contributed by atoms with Crippen molar-refractivity contribution in [3.05, 3.63) is 23.7 Å². The van der Waals surface area contributed by atoms with Gasteiger partial charge in [0.05, 0.1) is 11.4 Å². The number of nitrogens with one attached hydrogen (secondary N) is 1. The van der Waals surface area contributed by atoms with Crippen molar-refractivity contribution in [3.63, 3.8) is 0 Å². The van der Waals surface area contributed by atoms with Crippen molar-refractivity contribution in [1.29, 1.82) is 0 Å². The summed E-state index contributed by atoms with van der Waals surface area (Å²) in [7, 11) is 1.57. The Kier molecular flexibility index (Phi) is 3.55. The maximum absolute atomic E-state index is 11.5. The number of hydrogen-bond acceptors (Lipinski definition) is 4. The van der Waals surface area contributed by atoms with E-state index >= 15 is 0 Å². The van der Waals surface area contributed by atoms with Gasteiger partial charge < -0.3 is 11.1 Å². The minimum Gasteiger partial charge on any atom is -0.394 e. The minimum absolute atomic E-state index is 0.226. The van der Waals surface area contributed by atoms with Gasteiger partial charge in [-0.2, -0.15) is 10.2 Å². The highest BCUT2D eigenvalue weighted by molar-refractivity contribution is 5.91. The van der Waals surface area contributed by atoms with Crippen LogP contribution in [-0.2, 0) is 6.54 Å². The summed E-state index contributed by atoms with van der Waals surface area (Å²) in [5, 5.41) is 11.2. The number of carbonyl (C=O) groups is 1. The van der Waals surface area contributed by atoms with E-state index in [2.05, 4.69) is 22.4 Å². The number of nitrogens with two attached hydrogens (primary N) is 1. The fourth-order valence-corrected chi connectivity index (χ4v) is 1.88. The number of rotatable bonds is 4. The van der Waals surface area contributed by atoms with E-state index in [9.17, 15) is 4.79 Å². The van der Waals surface area contributed by atoms with Gasteiger partial charge in [-0.15, -0.1) is 0 Å². The Balaban J connectivity index is 2.46. The van der Waals surface area contributed by atoms with E-state index in [1.807, 2.05) is 11.6 Å². The lowest BCUT2D eigenvalue weighted by Crippen LogP contribution is -2.19. The Morgan fingerprint density at radius 3 is 2.84 bits per heavy atom. The fourth-order valence-electron chi connectivity index (χ4n) is 1.88. The molecule has 2 aromatic rings. The summed E-state index contributed by atoms with van der Waals surface area (Å²) in [6.07, 6.45) is 2.65. The molecule has 0 bridgehead atoms. The molecule has 3 N–H and O–H groups in total. The van der Waals surface area contributed by atoms with Crippen LogP contribution >= 0.6 is 0 Å². The number of nitrogens with zero attached hydrogens (tertiary/aromatic N) is 4. The largest absolute Gasteiger partial charge is 0.394 e. The molecule has 102 valence electrons. The Morgan fingerprint density at radius 2 is 2.21 bits per heavy atom. The average molecular weight is 262 g/mol. The molecule has 0 radical (unpaired) electrons. The van der Waals surface area contributed by atoms with Crippen LogP contribution in [0.3, 0.4) is 0 Å². The lowest BCUT2D eigenvalue weighted by Gasteiger charge is -2.06. The number of nitrogen functional groups attached to an aromatic ring is 1. The van der Waals surface area contributed by atoms with Crippen LogP contribution in [0, 0.1) is 6.92 Å². The van der Waals surface area contributed by atoms with Gasteiger partial charge in [0.25, 0.3) is 5.91 Å². The molecule has 2 aromatic heterocycles. The Hall–Kier alpha value is -2.31. The molecule has 2 rings (SSSR count). The van der Waals surface area contributed by atoms with E-state index in [4.69, 9.17) is 5.73 Å². The van der Waals surface area contributed by atoms with Crippen molar-refractivity contribution in [1.82, 2.24) is 24.9 Å². The van der Waals surface area contributed by atoms with E-state index in [1.165, 1.54) is 0 Å². The van der Waals surface area contributed by atoms with E-state index in [0.717, 1.165) is 18.7 Å². The first-order valence-corrected chi connectivity index (χ1v) is 6.19. The molecule has 0 saturated heterocycles. The zero-order valence-corrected chi connectivity index (χ0v) is 11.3. The van der Waals surface area contributed by atoms with Gasteiger partial charge in [-0.05, 0) is 19.4 Å². The first-order valence-electron chi connectivity index (χ1n) is 6.19. The van der Waals surface area contributed by atoms with E-state index in [-0.39, 0.29) is 5.91 Å². The van der Waals surface area contributed by atoms with Crippen LogP contribution in [0.2, 0.25) is 0 Å². The summed E-state index contributed by atoms with van der Waals surface area (Å²) in [4.78, 5) is 11.5. The minimum atomic E-state index is -0.226. The molecule has 0 aliphatic rings. The second kappa shape index (κ2) is 5.13. The lowest BCUT2D eigenvalue weighted by molar-refractivity contribution is 0.0957. The number of amides is 1. The zero-order valence-electron chi connectivity index (χ0n) is 11.3. The molecule has 1 amide bonds. The molecule has 0 fully saturated rings. The first kappa shape index (κ1) is 13.1. The van der Waals surface area contributed by atoms with E-state index in [1.54, 1.807) is 24.0 Å². The number of carbonyl (C=O) groups excluding carboxylic acids is 1. The summed E-state index contributed by atoms with van der Waals surface area (Å²) in [5.74, 6) is 0.477. The summed E-state index contributed by atoms with van der Waals surface area (Å²) in [6, 6.07) is 1.65. The SMILES string of the molecule is CCCn1nc(C)c(N)c1-n1ccc(C(=O)NC)n1. The Bertz CT molecular complexity index is 597. The molecule has 7 heteroatoms. The van der Waals surface area contributed by atoms with Gasteiger partial charge in [0, 0.05) is 19.8 Å². The maximum Gasteiger partial charge on any atom is 0.271 e. The van der Waals surface area contributed by atoms with Crippen molar-refractivity contribution in [2.24, 2.45) is 0 Å². The van der Waals surface area contributed by atoms with Gasteiger partial charge in [-0.1, -0.05) is 6.92 Å². The molecule has 0 spiro atoms. The van der Waals surface area contributed by atoms with Gasteiger partial charge in [-0.3, -0.25) is 4.79 Å². The maximum atomic E-state index is 11.5. The van der Waals surface area contributed by atoms with Crippen LogP contribution in [-0.4, -0.2) is 32.5 Å². The molecule has 0 aromatic carbocycles. The average Bonchev–Trinajstić information content (AvgIpc) is 2.96. The third-order valence-electron chi connectivity index (χ3n) is 2.85. The summed E-state index contributed by atoms with van der Waals surface area (Å²) in [6.45, 7) is 4.67. The van der Waals surface area contributed by atoms with Gasteiger partial charge >= 0.3 is 0 Å². The van der Waals surface area contributed by atoms with Gasteiger partial charge in [-0.25, -0.2) is 9.36 Å². The standard InChI is InChI=1S/C12H18N6O/c1-4-6-17-12(10(13)8(2)15-17)18-7-5-9(16-18)11(19)14-3/h5,7H,4,6,13H2,1-3H3,(H,14,19). The Morgan fingerprint density at radius 1 is 1.47 bits per heavy atom. The summed E-state index contributed by atoms with van der Waals surface area (Å²) >= 11 is 0. The third kappa shape index (κ3) is 2.31. The zero-order chi connectivity index (χ0) is 14.0. The molecule has 19 heavy (non-hydrogen) atoms. The molecule has 0 saturated carbocycles. The fraction of sp³-hybridized carbons (Fsp3) is 0.417. The molecule has 0 atom stereocenters. The van der Waals surface area contributed by atoms with E-state index in [0.29, 0.717) is 17.2 Å². The van der Waals surface area contributed by atoms with Crippen molar-refractivity contribution in [3.8, 4) is 5.82 Å². The van der Waals surface area contributed by atoms with Gasteiger partial charge in [0.2, 0.25) is 0 Å². The second-order valence-corrected chi connectivity index (χ2v) is 4.27. The van der Waals surface area contributed by atoms with Crippen molar-refractivity contribution in [2.45, 2.75) is 26.8 Å². The molecule has 0 aliphatic heterocycles. The van der Waals surface area contributed by atoms with E-state index < -0.39 is 0 Å². The quantitative estimate of drug-likeness (QED) is 0.849. The van der Waals surface area contributed by atoms with Crippen LogP contribution in [0.25, 0.3) is 5.82 Å². The topological polar surface area (TPSA) is 90.8 Å². The highest BCUT2D eigenvalue weighted by Gasteiger charge is 2.16. The number of anilines is 1. The molecular weight excluding hydrogens is 244 g/mol. The van der Waals surface area contributed by atoms with Crippen LogP contribution in [0.4, 0.5) is 5.69 Å². The Labute approximate surface area is 111 Å². The number of aryl methyl sites for hydroxylation is 2. The number of aromatic nitrogens is 4. The normalized spacial score (nSPS) is 10.7.